The highest BCUT2D eigenvalue weighted by atomic mass is 32.2. The van der Waals surface area contributed by atoms with Gasteiger partial charge in [0.1, 0.15) is 5.75 Å². The van der Waals surface area contributed by atoms with Crippen molar-refractivity contribution in [2.75, 3.05) is 12.3 Å². The molecule has 0 saturated carbocycles. The summed E-state index contributed by atoms with van der Waals surface area (Å²) in [7, 11) is 0. The predicted molar refractivity (Wildman–Crippen MR) is 109 cm³/mol. The summed E-state index contributed by atoms with van der Waals surface area (Å²) in [6.45, 7) is -2.09. The molecule has 7 nitrogen and oxygen atoms in total. The van der Waals surface area contributed by atoms with E-state index >= 15 is 0 Å². The lowest BCUT2D eigenvalue weighted by Gasteiger charge is -2.08. The van der Waals surface area contributed by atoms with E-state index in [4.69, 9.17) is 0 Å². The fourth-order valence-electron chi connectivity index (χ4n) is 2.68. The first kappa shape index (κ1) is 21.6. The molecule has 0 aliphatic heterocycles. The molecule has 30 heavy (non-hydrogen) atoms. The maximum Gasteiger partial charge on any atom is 0.387 e. The second kappa shape index (κ2) is 10.6. The second-order valence-corrected chi connectivity index (χ2v) is 7.24. The summed E-state index contributed by atoms with van der Waals surface area (Å²) in [6, 6.07) is 15.8. The van der Waals surface area contributed by atoms with Crippen molar-refractivity contribution in [1.29, 1.82) is 0 Å². The topological polar surface area (TPSA) is 89.0 Å². The molecule has 2 N–H and O–H groups in total. The summed E-state index contributed by atoms with van der Waals surface area (Å²) >= 11 is 1.17. The van der Waals surface area contributed by atoms with Gasteiger partial charge in [-0.2, -0.15) is 8.78 Å². The first-order valence-corrected chi connectivity index (χ1v) is 10.1. The Bertz CT molecular complexity index is 1010. The number of benzene rings is 2. The molecule has 0 radical (unpaired) electrons. The van der Waals surface area contributed by atoms with Crippen LogP contribution in [0.4, 0.5) is 8.78 Å². The van der Waals surface area contributed by atoms with Crippen molar-refractivity contribution < 1.29 is 18.3 Å². The smallest absolute Gasteiger partial charge is 0.387 e. The maximum atomic E-state index is 12.1. The number of hydrogen-bond acceptors (Lipinski definition) is 5. The molecule has 3 aromatic rings. The molecule has 0 aliphatic rings. The van der Waals surface area contributed by atoms with E-state index in [1.54, 1.807) is 12.1 Å². The molecule has 0 atom stereocenters. The lowest BCUT2D eigenvalue weighted by molar-refractivity contribution is -0.118. The minimum absolute atomic E-state index is 0.0923. The van der Waals surface area contributed by atoms with Gasteiger partial charge in [0.05, 0.1) is 12.3 Å². The third-order valence-electron chi connectivity index (χ3n) is 4.12. The zero-order valence-corrected chi connectivity index (χ0v) is 16.7. The van der Waals surface area contributed by atoms with Crippen LogP contribution in [0.25, 0.3) is 0 Å². The van der Waals surface area contributed by atoms with E-state index < -0.39 is 6.61 Å². The largest absolute Gasteiger partial charge is 0.435 e. The van der Waals surface area contributed by atoms with Crippen molar-refractivity contribution in [3.63, 3.8) is 0 Å². The number of ether oxygens (including phenoxy) is 1. The highest BCUT2D eigenvalue weighted by Crippen LogP contribution is 2.16. The first-order chi connectivity index (χ1) is 14.5. The summed E-state index contributed by atoms with van der Waals surface area (Å²) in [5, 5.41) is 9.62. The SMILES string of the molecule is O=C(CSc1n[nH]c(=O)n1Cc1ccccc1)NCCc1ccc(OC(F)F)cc1. The van der Waals surface area contributed by atoms with Gasteiger partial charge in [0, 0.05) is 6.54 Å². The number of thioether (sulfide) groups is 1. The number of amides is 1. The summed E-state index contributed by atoms with van der Waals surface area (Å²) < 4.78 is 30.1. The van der Waals surface area contributed by atoms with Crippen LogP contribution in [0, 0.1) is 0 Å². The number of nitrogens with zero attached hydrogens (tertiary/aromatic N) is 2. The number of alkyl halides is 2. The summed E-state index contributed by atoms with van der Waals surface area (Å²) in [4.78, 5) is 24.1. The number of carbonyl (C=O) groups excluding carboxylic acids is 1. The molecule has 3 rings (SSSR count). The molecule has 0 fully saturated rings. The maximum absolute atomic E-state index is 12.1. The number of halogens is 2. The summed E-state index contributed by atoms with van der Waals surface area (Å²) in [6.07, 6.45) is 0.548. The molecular weight excluding hydrogens is 414 g/mol. The van der Waals surface area contributed by atoms with E-state index in [-0.39, 0.29) is 23.1 Å². The van der Waals surface area contributed by atoms with Crippen molar-refractivity contribution >= 4 is 17.7 Å². The zero-order chi connectivity index (χ0) is 21.3. The fourth-order valence-corrected chi connectivity index (χ4v) is 3.46. The van der Waals surface area contributed by atoms with Crippen LogP contribution in [0.3, 0.4) is 0 Å². The molecule has 0 aliphatic carbocycles. The highest BCUT2D eigenvalue weighted by molar-refractivity contribution is 7.99. The molecule has 10 heteroatoms. The van der Waals surface area contributed by atoms with E-state index in [1.807, 2.05) is 30.3 Å². The number of aromatic nitrogens is 3. The third-order valence-corrected chi connectivity index (χ3v) is 5.10. The normalized spacial score (nSPS) is 10.9. The molecule has 158 valence electrons. The van der Waals surface area contributed by atoms with E-state index in [0.717, 1.165) is 11.1 Å². The standard InChI is InChI=1S/C20H20F2N4O3S/c21-18(22)29-16-8-6-14(7-9-16)10-11-23-17(27)13-30-20-25-24-19(28)26(20)12-15-4-2-1-3-5-15/h1-9,18H,10-13H2,(H,23,27)(H,24,28). The lowest BCUT2D eigenvalue weighted by Crippen LogP contribution is -2.27. The molecule has 0 bridgehead atoms. The van der Waals surface area contributed by atoms with E-state index in [2.05, 4.69) is 20.3 Å². The van der Waals surface area contributed by atoms with Gasteiger partial charge in [-0.25, -0.2) is 9.89 Å². The zero-order valence-electron chi connectivity index (χ0n) is 15.9. The number of carbonyl (C=O) groups is 1. The Kier molecular flexibility index (Phi) is 7.61. The molecule has 0 unspecified atom stereocenters. The molecule has 0 spiro atoms. The van der Waals surface area contributed by atoms with Crippen molar-refractivity contribution in [3.8, 4) is 5.75 Å². The van der Waals surface area contributed by atoms with Gasteiger partial charge in [-0.1, -0.05) is 54.2 Å². The molecule has 0 saturated heterocycles. The van der Waals surface area contributed by atoms with Crippen LogP contribution in [0.1, 0.15) is 11.1 Å². The third kappa shape index (κ3) is 6.45. The van der Waals surface area contributed by atoms with Gasteiger partial charge in [-0.15, -0.1) is 5.10 Å². The van der Waals surface area contributed by atoms with Gasteiger partial charge >= 0.3 is 12.3 Å². The quantitative estimate of drug-likeness (QED) is 0.479. The van der Waals surface area contributed by atoms with Gasteiger partial charge in [0.25, 0.3) is 0 Å². The van der Waals surface area contributed by atoms with Crippen molar-refractivity contribution in [2.45, 2.75) is 24.7 Å². The predicted octanol–water partition coefficient (Wildman–Crippen LogP) is 2.67. The van der Waals surface area contributed by atoms with Crippen LogP contribution < -0.4 is 15.7 Å². The van der Waals surface area contributed by atoms with E-state index in [1.165, 1.54) is 28.5 Å². The van der Waals surface area contributed by atoms with Crippen LogP contribution in [0.2, 0.25) is 0 Å². The van der Waals surface area contributed by atoms with E-state index in [9.17, 15) is 18.4 Å². The van der Waals surface area contributed by atoms with Crippen LogP contribution >= 0.6 is 11.8 Å². The average molecular weight is 434 g/mol. The monoisotopic (exact) mass is 434 g/mol. The van der Waals surface area contributed by atoms with Crippen molar-refractivity contribution in [1.82, 2.24) is 20.1 Å². The summed E-state index contributed by atoms with van der Waals surface area (Å²) in [5.41, 5.74) is 1.51. The lowest BCUT2D eigenvalue weighted by atomic mass is 10.1. The van der Waals surface area contributed by atoms with Gasteiger partial charge in [0.15, 0.2) is 5.16 Å². The Balaban J connectivity index is 1.44. The second-order valence-electron chi connectivity index (χ2n) is 6.29. The van der Waals surface area contributed by atoms with Crippen LogP contribution in [-0.2, 0) is 17.8 Å². The van der Waals surface area contributed by atoms with Gasteiger partial charge in [-0.05, 0) is 29.7 Å². The fraction of sp³-hybridized carbons (Fsp3) is 0.250. The molecule has 1 aromatic heterocycles. The Hall–Kier alpha value is -3.14. The number of nitrogens with one attached hydrogen (secondary N) is 2. The Morgan fingerprint density at radius 3 is 2.57 bits per heavy atom. The van der Waals surface area contributed by atoms with Gasteiger partial charge in [-0.3, -0.25) is 9.36 Å². The van der Waals surface area contributed by atoms with Crippen molar-refractivity contribution in [2.24, 2.45) is 0 Å². The minimum atomic E-state index is -2.86. The Morgan fingerprint density at radius 1 is 1.13 bits per heavy atom. The molecule has 2 aromatic carbocycles. The van der Waals surface area contributed by atoms with Crippen LogP contribution in [0.5, 0.6) is 5.75 Å². The van der Waals surface area contributed by atoms with Gasteiger partial charge < -0.3 is 10.1 Å². The number of aromatic amines is 1. The number of H-pyrrole nitrogens is 1. The van der Waals surface area contributed by atoms with Crippen LogP contribution in [0.15, 0.2) is 64.5 Å². The molecule has 1 amide bonds. The van der Waals surface area contributed by atoms with Crippen LogP contribution in [-0.4, -0.2) is 39.6 Å². The molecular formula is C20H20F2N4O3S. The van der Waals surface area contributed by atoms with Gasteiger partial charge in [0.2, 0.25) is 5.91 Å². The molecule has 1 heterocycles. The number of hydrogen-bond donors (Lipinski definition) is 2. The van der Waals surface area contributed by atoms with E-state index in [0.29, 0.717) is 24.7 Å². The minimum Gasteiger partial charge on any atom is -0.435 e. The highest BCUT2D eigenvalue weighted by Gasteiger charge is 2.12. The Labute approximate surface area is 175 Å². The number of rotatable bonds is 10. The summed E-state index contributed by atoms with van der Waals surface area (Å²) in [5.74, 6) is 0.00867. The average Bonchev–Trinajstić information content (AvgIpc) is 3.07. The first-order valence-electron chi connectivity index (χ1n) is 9.13. The Morgan fingerprint density at radius 2 is 1.87 bits per heavy atom. The van der Waals surface area contributed by atoms with Crippen molar-refractivity contribution in [3.05, 3.63) is 76.2 Å².